The van der Waals surface area contributed by atoms with Crippen molar-refractivity contribution in [3.8, 4) is 5.69 Å². The van der Waals surface area contributed by atoms with Gasteiger partial charge >= 0.3 is 7.12 Å². The molecule has 0 unspecified atom stereocenters. The lowest BCUT2D eigenvalue weighted by Crippen LogP contribution is -2.41. The van der Waals surface area contributed by atoms with E-state index >= 15 is 0 Å². The van der Waals surface area contributed by atoms with Gasteiger partial charge in [0, 0.05) is 24.0 Å². The molecular formula is C14H18BN3O2. The molecule has 3 rings (SSSR count). The second-order valence-electron chi connectivity index (χ2n) is 5.83. The molecule has 6 heteroatoms. The lowest BCUT2D eigenvalue weighted by Gasteiger charge is -2.32. The van der Waals surface area contributed by atoms with Crippen LogP contribution in [0.4, 0.5) is 0 Å². The first-order chi connectivity index (χ1) is 10.6. The van der Waals surface area contributed by atoms with E-state index in [1.54, 1.807) is 12.3 Å². The topological polar surface area (TPSA) is 49.2 Å². The van der Waals surface area contributed by atoms with Crippen LogP contribution in [0.3, 0.4) is 0 Å². The monoisotopic (exact) mass is 274 g/mol. The quantitative estimate of drug-likeness (QED) is 0.780. The van der Waals surface area contributed by atoms with E-state index in [0.29, 0.717) is 11.2 Å². The third-order valence-corrected chi connectivity index (χ3v) is 3.88. The van der Waals surface area contributed by atoms with Gasteiger partial charge < -0.3 is 9.31 Å². The van der Waals surface area contributed by atoms with Crippen LogP contribution in [0.2, 0.25) is 0 Å². The maximum absolute atomic E-state index is 7.86. The Kier molecular flexibility index (Phi) is 2.24. The number of rotatable bonds is 2. The number of nitrogens with zero attached hydrogens (tertiary/aromatic N) is 3. The van der Waals surface area contributed by atoms with Gasteiger partial charge in [0.2, 0.25) is 0 Å². The van der Waals surface area contributed by atoms with E-state index in [9.17, 15) is 0 Å². The molecule has 5 nitrogen and oxygen atoms in total. The average Bonchev–Trinajstić information content (AvgIpc) is 2.86. The van der Waals surface area contributed by atoms with E-state index < -0.39 is 18.3 Å². The number of hydrogen-bond acceptors (Lipinski definition) is 4. The molecule has 2 aromatic rings. The zero-order valence-electron chi connectivity index (χ0n) is 15.0. The molecule has 0 bridgehead atoms. The van der Waals surface area contributed by atoms with Gasteiger partial charge in [0.25, 0.3) is 0 Å². The maximum atomic E-state index is 7.86. The summed E-state index contributed by atoms with van der Waals surface area (Å²) in [7, 11) is -0.567. The van der Waals surface area contributed by atoms with Crippen molar-refractivity contribution in [2.24, 2.45) is 0 Å². The molecule has 1 saturated heterocycles. The summed E-state index contributed by atoms with van der Waals surface area (Å²) in [5.41, 5.74) is 0.286. The van der Waals surface area contributed by atoms with Crippen LogP contribution < -0.4 is 5.46 Å². The van der Waals surface area contributed by atoms with Crippen molar-refractivity contribution >= 4 is 12.6 Å². The Hall–Kier alpha value is -1.66. The summed E-state index contributed by atoms with van der Waals surface area (Å²) in [6.45, 7) is 7.88. The first-order valence-corrected chi connectivity index (χ1v) is 6.46. The fourth-order valence-corrected chi connectivity index (χ4v) is 1.97. The largest absolute Gasteiger partial charge is 0.496 e. The minimum Gasteiger partial charge on any atom is -0.399 e. The predicted octanol–water partition coefficient (Wildman–Crippen LogP) is 1.57. The molecule has 0 spiro atoms. The van der Waals surface area contributed by atoms with Crippen LogP contribution in [0.1, 0.15) is 31.8 Å². The van der Waals surface area contributed by atoms with Gasteiger partial charge in [-0.05, 0) is 39.8 Å². The molecule has 0 radical (unpaired) electrons. The minimum absolute atomic E-state index is 0.150. The van der Waals surface area contributed by atoms with E-state index in [1.807, 2.05) is 27.7 Å². The molecule has 0 N–H and O–H groups in total. The maximum Gasteiger partial charge on any atom is 0.496 e. The molecule has 1 fully saturated rings. The summed E-state index contributed by atoms with van der Waals surface area (Å²) < 4.78 is 36.2. The van der Waals surface area contributed by atoms with Crippen molar-refractivity contribution < 1.29 is 13.4 Å². The summed E-state index contributed by atoms with van der Waals surface area (Å²) in [4.78, 5) is 4.15. The molecule has 104 valence electrons. The van der Waals surface area contributed by atoms with Gasteiger partial charge in [-0.1, -0.05) is 0 Å². The Balaban J connectivity index is 1.97. The van der Waals surface area contributed by atoms with Gasteiger partial charge in [0.05, 0.1) is 27.2 Å². The minimum atomic E-state index is -0.567. The van der Waals surface area contributed by atoms with Gasteiger partial charge in [-0.3, -0.25) is 4.98 Å². The molecule has 1 aliphatic rings. The molecular weight excluding hydrogens is 253 g/mol. The zero-order valence-corrected chi connectivity index (χ0v) is 12.0. The summed E-state index contributed by atoms with van der Waals surface area (Å²) in [5, 5.41) is 3.89. The van der Waals surface area contributed by atoms with Gasteiger partial charge in [0.15, 0.2) is 0 Å². The Morgan fingerprint density at radius 1 is 1.20 bits per heavy atom. The van der Waals surface area contributed by atoms with Crippen LogP contribution in [-0.4, -0.2) is 33.1 Å². The van der Waals surface area contributed by atoms with Gasteiger partial charge in [0.1, 0.15) is 0 Å². The molecule has 0 aromatic carbocycles. The van der Waals surface area contributed by atoms with Crippen molar-refractivity contribution in [3.05, 3.63) is 36.8 Å². The predicted molar refractivity (Wildman–Crippen MR) is 77.1 cm³/mol. The SMILES string of the molecule is [2H]c1nn(-c2cncc(B3OC(C)(C)C(C)(C)O3)c2)c([2H])c1[2H]. The Labute approximate surface area is 123 Å². The Bertz CT molecular complexity index is 748. The lowest BCUT2D eigenvalue weighted by atomic mass is 9.80. The fraction of sp³-hybridized carbons (Fsp3) is 0.429. The summed E-state index contributed by atoms with van der Waals surface area (Å²) >= 11 is 0. The van der Waals surface area contributed by atoms with Crippen molar-refractivity contribution in [2.75, 3.05) is 0 Å². The van der Waals surface area contributed by atoms with Crippen molar-refractivity contribution in [3.63, 3.8) is 0 Å². The fourth-order valence-electron chi connectivity index (χ4n) is 1.97. The third-order valence-electron chi connectivity index (χ3n) is 3.88. The van der Waals surface area contributed by atoms with E-state index in [4.69, 9.17) is 13.4 Å². The molecule has 0 amide bonds. The van der Waals surface area contributed by atoms with Crippen LogP contribution in [0.25, 0.3) is 5.69 Å². The Morgan fingerprint density at radius 3 is 2.50 bits per heavy atom. The lowest BCUT2D eigenvalue weighted by molar-refractivity contribution is 0.00578. The Morgan fingerprint density at radius 2 is 1.90 bits per heavy atom. The normalized spacial score (nSPS) is 22.4. The highest BCUT2D eigenvalue weighted by Gasteiger charge is 2.51. The van der Waals surface area contributed by atoms with Crippen molar-refractivity contribution in [1.29, 1.82) is 0 Å². The smallest absolute Gasteiger partial charge is 0.399 e. The molecule has 20 heavy (non-hydrogen) atoms. The number of pyridine rings is 1. The van der Waals surface area contributed by atoms with Gasteiger partial charge in [-0.25, -0.2) is 4.68 Å². The summed E-state index contributed by atoms with van der Waals surface area (Å²) in [6.07, 6.45) is 2.78. The van der Waals surface area contributed by atoms with Gasteiger partial charge in [-0.2, -0.15) is 5.10 Å². The highest BCUT2D eigenvalue weighted by Crippen LogP contribution is 2.36. The number of hydrogen-bond donors (Lipinski definition) is 0. The molecule has 0 aliphatic carbocycles. The van der Waals surface area contributed by atoms with E-state index in [2.05, 4.69) is 10.1 Å². The summed E-state index contributed by atoms with van der Waals surface area (Å²) in [5.74, 6) is 0. The highest BCUT2D eigenvalue weighted by atomic mass is 16.7. The highest BCUT2D eigenvalue weighted by molar-refractivity contribution is 6.62. The second-order valence-corrected chi connectivity index (χ2v) is 5.83. The second kappa shape index (κ2) is 4.43. The van der Waals surface area contributed by atoms with Crippen LogP contribution in [0, 0.1) is 0 Å². The molecule has 3 heterocycles. The molecule has 0 atom stereocenters. The van der Waals surface area contributed by atoms with E-state index in [1.165, 1.54) is 10.9 Å². The average molecular weight is 274 g/mol. The van der Waals surface area contributed by atoms with Crippen LogP contribution in [0.5, 0.6) is 0 Å². The number of aromatic nitrogens is 3. The van der Waals surface area contributed by atoms with Crippen molar-refractivity contribution in [2.45, 2.75) is 38.9 Å². The molecule has 0 saturated carbocycles. The summed E-state index contributed by atoms with van der Waals surface area (Å²) in [6, 6.07) is 1.53. The van der Waals surface area contributed by atoms with Crippen LogP contribution in [-0.2, 0) is 9.31 Å². The third kappa shape index (κ3) is 2.15. The van der Waals surface area contributed by atoms with Crippen LogP contribution in [0.15, 0.2) is 36.8 Å². The molecule has 1 aliphatic heterocycles. The van der Waals surface area contributed by atoms with Crippen LogP contribution >= 0.6 is 0 Å². The van der Waals surface area contributed by atoms with E-state index in [-0.39, 0.29) is 18.4 Å². The zero-order chi connectivity index (χ0) is 17.0. The standard InChI is InChI=1S/C14H18BN3O2/c1-13(2)14(3,4)20-15(19-13)11-8-12(10-16-9-11)18-7-5-6-17-18/h5-10H,1-4H3/i5D,6D,7D. The van der Waals surface area contributed by atoms with Gasteiger partial charge in [-0.15, -0.1) is 0 Å². The van der Waals surface area contributed by atoms with Crippen molar-refractivity contribution in [1.82, 2.24) is 14.8 Å². The molecule has 2 aromatic heterocycles. The van der Waals surface area contributed by atoms with E-state index in [0.717, 1.165) is 0 Å². The first-order valence-electron chi connectivity index (χ1n) is 7.96. The first kappa shape index (κ1) is 10.1.